The van der Waals surface area contributed by atoms with E-state index in [9.17, 15) is 0 Å². The molecule has 0 amide bonds. The number of para-hydroxylation sites is 2. The predicted molar refractivity (Wildman–Crippen MR) is 88.8 cm³/mol. The number of methoxy groups -OCH3 is 1. The van der Waals surface area contributed by atoms with Crippen molar-refractivity contribution in [3.8, 4) is 5.75 Å². The molecule has 0 fully saturated rings. The van der Waals surface area contributed by atoms with Gasteiger partial charge in [0.05, 0.1) is 24.4 Å². The third kappa shape index (κ3) is 3.15. The molecule has 3 rings (SSSR count). The van der Waals surface area contributed by atoms with E-state index in [4.69, 9.17) is 16.3 Å². The number of hydrogen-bond acceptors (Lipinski definition) is 5. The highest BCUT2D eigenvalue weighted by atomic mass is 35.5. The van der Waals surface area contributed by atoms with Crippen molar-refractivity contribution < 1.29 is 4.74 Å². The number of fused-ring (bicyclic) bond motifs is 1. The number of hydrogen-bond donors (Lipinski definition) is 1. The van der Waals surface area contributed by atoms with Crippen molar-refractivity contribution in [2.75, 3.05) is 12.5 Å². The van der Waals surface area contributed by atoms with Crippen LogP contribution in [0.2, 0.25) is 5.15 Å². The molecule has 110 valence electrons. The van der Waals surface area contributed by atoms with Crippen molar-refractivity contribution in [3.05, 3.63) is 59.2 Å². The topological polar surface area (TPSA) is 59.4 Å². The Balaban J connectivity index is 1.77. The lowest BCUT2D eigenvalue weighted by molar-refractivity contribution is 0.415. The largest absolute Gasteiger partial charge is 0.497 e. The van der Waals surface area contributed by atoms with Crippen LogP contribution in [0.3, 0.4) is 0 Å². The van der Waals surface area contributed by atoms with Gasteiger partial charge in [-0.15, -0.1) is 0 Å². The van der Waals surface area contributed by atoms with Gasteiger partial charge in [0.15, 0.2) is 11.0 Å². The number of nitrogens with one attached hydrogen (secondary N) is 1. The molecular weight excluding hydrogens is 300 g/mol. The van der Waals surface area contributed by atoms with Crippen LogP contribution in [0.5, 0.6) is 5.75 Å². The Morgan fingerprint density at radius 1 is 1.05 bits per heavy atom. The van der Waals surface area contributed by atoms with Crippen molar-refractivity contribution in [1.82, 2.24) is 9.97 Å². The zero-order valence-electron chi connectivity index (χ0n) is 11.8. The van der Waals surface area contributed by atoms with Crippen LogP contribution in [-0.4, -0.2) is 23.3 Å². The molecule has 0 saturated heterocycles. The summed E-state index contributed by atoms with van der Waals surface area (Å²) in [4.78, 5) is 8.67. The fraction of sp³-hybridized carbons (Fsp3) is 0.0625. The zero-order valence-corrected chi connectivity index (χ0v) is 12.6. The molecule has 1 aromatic heterocycles. The van der Waals surface area contributed by atoms with E-state index in [0.717, 1.165) is 22.3 Å². The summed E-state index contributed by atoms with van der Waals surface area (Å²) in [5.41, 5.74) is 5.25. The first-order valence-electron chi connectivity index (χ1n) is 6.61. The minimum atomic E-state index is 0.283. The summed E-state index contributed by atoms with van der Waals surface area (Å²) in [6, 6.07) is 15.1. The fourth-order valence-electron chi connectivity index (χ4n) is 1.91. The second kappa shape index (κ2) is 6.41. The van der Waals surface area contributed by atoms with Gasteiger partial charge in [-0.25, -0.2) is 9.97 Å². The van der Waals surface area contributed by atoms with Crippen molar-refractivity contribution >= 4 is 34.7 Å². The zero-order chi connectivity index (χ0) is 15.4. The lowest BCUT2D eigenvalue weighted by atomic mass is 10.2. The van der Waals surface area contributed by atoms with Crippen LogP contribution in [0, 0.1) is 0 Å². The molecule has 0 unspecified atom stereocenters. The smallest absolute Gasteiger partial charge is 0.185 e. The second-order valence-electron chi connectivity index (χ2n) is 4.49. The average molecular weight is 313 g/mol. The van der Waals surface area contributed by atoms with Gasteiger partial charge in [-0.3, -0.25) is 5.43 Å². The molecule has 0 aliphatic rings. The van der Waals surface area contributed by atoms with Crippen molar-refractivity contribution in [2.45, 2.75) is 0 Å². The lowest BCUT2D eigenvalue weighted by Crippen LogP contribution is -1.97. The van der Waals surface area contributed by atoms with Crippen molar-refractivity contribution in [3.63, 3.8) is 0 Å². The minimum absolute atomic E-state index is 0.283. The minimum Gasteiger partial charge on any atom is -0.497 e. The normalized spacial score (nSPS) is 11.0. The summed E-state index contributed by atoms with van der Waals surface area (Å²) in [6.07, 6.45) is 1.67. The molecule has 22 heavy (non-hydrogen) atoms. The third-order valence-corrected chi connectivity index (χ3v) is 3.29. The Morgan fingerprint density at radius 3 is 2.41 bits per heavy atom. The van der Waals surface area contributed by atoms with E-state index in [1.165, 1.54) is 0 Å². The third-order valence-electron chi connectivity index (χ3n) is 3.03. The maximum Gasteiger partial charge on any atom is 0.185 e. The second-order valence-corrected chi connectivity index (χ2v) is 4.85. The molecule has 5 nitrogen and oxygen atoms in total. The van der Waals surface area contributed by atoms with E-state index < -0.39 is 0 Å². The number of ether oxygens (including phenoxy) is 1. The molecule has 0 bridgehead atoms. The number of anilines is 1. The Labute approximate surface area is 132 Å². The van der Waals surface area contributed by atoms with Gasteiger partial charge in [0, 0.05) is 0 Å². The van der Waals surface area contributed by atoms with Gasteiger partial charge in [0.25, 0.3) is 0 Å². The highest BCUT2D eigenvalue weighted by molar-refractivity contribution is 6.32. The number of aromatic nitrogens is 2. The number of halogens is 1. The Hall–Kier alpha value is -2.66. The number of benzene rings is 2. The van der Waals surface area contributed by atoms with Crippen LogP contribution >= 0.6 is 11.6 Å². The van der Waals surface area contributed by atoms with E-state index in [1.807, 2.05) is 48.5 Å². The summed E-state index contributed by atoms with van der Waals surface area (Å²) in [6.45, 7) is 0. The number of rotatable bonds is 4. The molecule has 1 N–H and O–H groups in total. The standard InChI is InChI=1S/C16H13ClN4O/c1-22-12-8-6-11(7-9-12)10-18-21-16-15(17)19-13-4-2-3-5-14(13)20-16/h2-10H,1H3,(H,20,21)/b18-10-. The maximum absolute atomic E-state index is 6.10. The molecule has 3 aromatic rings. The molecule has 0 aliphatic heterocycles. The highest BCUT2D eigenvalue weighted by Crippen LogP contribution is 2.20. The number of hydrazone groups is 1. The van der Waals surface area contributed by atoms with Crippen LogP contribution < -0.4 is 10.2 Å². The van der Waals surface area contributed by atoms with Gasteiger partial charge in [0.1, 0.15) is 5.75 Å². The van der Waals surface area contributed by atoms with E-state index in [-0.39, 0.29) is 5.15 Å². The van der Waals surface area contributed by atoms with Crippen LogP contribution in [0.4, 0.5) is 5.82 Å². The Kier molecular flexibility index (Phi) is 4.16. The summed E-state index contributed by atoms with van der Waals surface area (Å²) < 4.78 is 5.10. The average Bonchev–Trinajstić information content (AvgIpc) is 2.56. The van der Waals surface area contributed by atoms with Gasteiger partial charge in [-0.1, -0.05) is 23.7 Å². The molecule has 0 spiro atoms. The number of nitrogens with zero attached hydrogens (tertiary/aromatic N) is 3. The quantitative estimate of drug-likeness (QED) is 0.589. The Bertz CT molecular complexity index is 818. The van der Waals surface area contributed by atoms with Gasteiger partial charge >= 0.3 is 0 Å². The first-order chi connectivity index (χ1) is 10.8. The van der Waals surface area contributed by atoms with E-state index in [1.54, 1.807) is 13.3 Å². The maximum atomic E-state index is 6.10. The molecule has 0 aliphatic carbocycles. The molecule has 0 saturated carbocycles. The van der Waals surface area contributed by atoms with Crippen molar-refractivity contribution in [2.24, 2.45) is 5.10 Å². The SMILES string of the molecule is COc1ccc(/C=N\Nc2nc3ccccc3nc2Cl)cc1. The monoisotopic (exact) mass is 312 g/mol. The molecule has 0 atom stereocenters. The summed E-state index contributed by atoms with van der Waals surface area (Å²) in [5.74, 6) is 1.22. The Morgan fingerprint density at radius 2 is 1.73 bits per heavy atom. The summed E-state index contributed by atoms with van der Waals surface area (Å²) >= 11 is 6.10. The van der Waals surface area contributed by atoms with Gasteiger partial charge in [0.2, 0.25) is 0 Å². The van der Waals surface area contributed by atoms with Crippen molar-refractivity contribution in [1.29, 1.82) is 0 Å². The van der Waals surface area contributed by atoms with E-state index in [0.29, 0.717) is 5.82 Å². The molecule has 2 aromatic carbocycles. The van der Waals surface area contributed by atoms with Crippen LogP contribution in [0.15, 0.2) is 53.6 Å². The molecule has 1 heterocycles. The van der Waals surface area contributed by atoms with Gasteiger partial charge in [-0.2, -0.15) is 5.10 Å². The van der Waals surface area contributed by atoms with Crippen LogP contribution in [0.1, 0.15) is 5.56 Å². The first-order valence-corrected chi connectivity index (χ1v) is 6.99. The molecular formula is C16H13ClN4O. The van der Waals surface area contributed by atoms with Crippen LogP contribution in [0.25, 0.3) is 11.0 Å². The lowest BCUT2D eigenvalue weighted by Gasteiger charge is -2.04. The van der Waals surface area contributed by atoms with Gasteiger partial charge < -0.3 is 4.74 Å². The summed E-state index contributed by atoms with van der Waals surface area (Å²) in [7, 11) is 1.63. The molecule has 6 heteroatoms. The van der Waals surface area contributed by atoms with Crippen LogP contribution in [-0.2, 0) is 0 Å². The highest BCUT2D eigenvalue weighted by Gasteiger charge is 2.05. The van der Waals surface area contributed by atoms with Gasteiger partial charge in [-0.05, 0) is 42.0 Å². The fourth-order valence-corrected chi connectivity index (χ4v) is 2.08. The predicted octanol–water partition coefficient (Wildman–Crippen LogP) is 3.74. The van der Waals surface area contributed by atoms with E-state index >= 15 is 0 Å². The first kappa shape index (κ1) is 14.3. The summed E-state index contributed by atoms with van der Waals surface area (Å²) in [5, 5.41) is 4.42. The van der Waals surface area contributed by atoms with E-state index in [2.05, 4.69) is 20.5 Å². The molecule has 0 radical (unpaired) electrons.